The molecule has 3 heterocycles. The topological polar surface area (TPSA) is 134 Å². The number of carboxylic acid groups (broad SMARTS) is 1. The molecule has 1 aliphatic heterocycles. The molecule has 9 nitrogen and oxygen atoms in total. The van der Waals surface area contributed by atoms with E-state index in [2.05, 4.69) is 20.6 Å². The summed E-state index contributed by atoms with van der Waals surface area (Å²) in [5.41, 5.74) is 3.52. The van der Waals surface area contributed by atoms with Crippen molar-refractivity contribution in [2.45, 2.75) is 49.5 Å². The number of amides is 2. The van der Waals surface area contributed by atoms with Crippen LogP contribution in [0.25, 0.3) is 11.0 Å². The fraction of sp³-hybridized carbons (Fsp3) is 0.385. The van der Waals surface area contributed by atoms with Crippen LogP contribution in [0.3, 0.4) is 0 Å². The number of carbonyl (C=O) groups is 2. The second kappa shape index (κ2) is 12.0. The molecule has 2 amide bonds. The number of hydrogen-bond acceptors (Lipinski definition) is 7. The monoisotopic (exact) mass is 510 g/mol. The molecule has 0 radical (unpaired) electrons. The predicted molar refractivity (Wildman–Crippen MR) is 140 cm³/mol. The lowest BCUT2D eigenvalue weighted by Gasteiger charge is -2.24. The zero-order valence-corrected chi connectivity index (χ0v) is 20.9. The second-order valence-electron chi connectivity index (χ2n) is 8.86. The number of aliphatic hydroxyl groups is 1. The van der Waals surface area contributed by atoms with Crippen molar-refractivity contribution in [3.63, 3.8) is 0 Å². The van der Waals surface area contributed by atoms with Gasteiger partial charge in [-0.3, -0.25) is 15.1 Å². The Kier molecular flexibility index (Phi) is 8.61. The van der Waals surface area contributed by atoms with Gasteiger partial charge in [0, 0.05) is 28.4 Å². The number of hydrogen-bond donors (Lipinski definition) is 4. The maximum atomic E-state index is 11.1. The number of fused-ring (bicyclic) bond motifs is 2. The zero-order valence-electron chi connectivity index (χ0n) is 20.1. The lowest BCUT2D eigenvalue weighted by atomic mass is 9.84. The molecule has 1 saturated carbocycles. The van der Waals surface area contributed by atoms with Crippen molar-refractivity contribution in [2.24, 2.45) is 5.92 Å². The molecular weight excluding hydrogens is 480 g/mol. The molecule has 190 valence electrons. The lowest BCUT2D eigenvalue weighted by Crippen LogP contribution is -2.19. The minimum absolute atomic E-state index is 0.0695. The van der Waals surface area contributed by atoms with Gasteiger partial charge < -0.3 is 20.3 Å². The van der Waals surface area contributed by atoms with E-state index in [0.29, 0.717) is 28.9 Å². The number of carbonyl (C=O) groups excluding carboxylic acids is 1. The van der Waals surface area contributed by atoms with Crippen LogP contribution in [0.1, 0.15) is 50.2 Å². The van der Waals surface area contributed by atoms with Crippen molar-refractivity contribution in [2.75, 3.05) is 23.5 Å². The largest absolute Gasteiger partial charge is 0.481 e. The highest BCUT2D eigenvalue weighted by molar-refractivity contribution is 8.00. The highest BCUT2D eigenvalue weighted by Gasteiger charge is 2.21. The van der Waals surface area contributed by atoms with Gasteiger partial charge in [-0.1, -0.05) is 32.1 Å². The molecule has 0 saturated heterocycles. The summed E-state index contributed by atoms with van der Waals surface area (Å²) in [6, 6.07) is 10.6. The van der Waals surface area contributed by atoms with Crippen LogP contribution in [-0.4, -0.2) is 45.0 Å². The Morgan fingerprint density at radius 2 is 2.03 bits per heavy atom. The van der Waals surface area contributed by atoms with E-state index in [1.165, 1.54) is 43.9 Å². The molecule has 0 spiro atoms. The zero-order chi connectivity index (χ0) is 25.5. The third-order valence-corrected chi connectivity index (χ3v) is 7.38. The summed E-state index contributed by atoms with van der Waals surface area (Å²) in [7, 11) is 1.60. The van der Waals surface area contributed by atoms with Gasteiger partial charge in [0.25, 0.3) is 0 Å². The molecule has 1 unspecified atom stereocenters. The van der Waals surface area contributed by atoms with Crippen molar-refractivity contribution in [1.82, 2.24) is 9.97 Å². The average Bonchev–Trinajstić information content (AvgIpc) is 2.88. The maximum absolute atomic E-state index is 11.1. The van der Waals surface area contributed by atoms with Gasteiger partial charge in [-0.25, -0.2) is 9.78 Å². The summed E-state index contributed by atoms with van der Waals surface area (Å²) in [5.74, 6) is 1.52. The Hall–Kier alpha value is -3.37. The normalized spacial score (nSPS) is 16.2. The van der Waals surface area contributed by atoms with E-state index in [4.69, 9.17) is 9.84 Å². The first-order valence-corrected chi connectivity index (χ1v) is 13.0. The number of aromatic nitrogens is 2. The smallest absolute Gasteiger partial charge is 0.409 e. The van der Waals surface area contributed by atoms with Gasteiger partial charge in [0.1, 0.15) is 0 Å². The van der Waals surface area contributed by atoms with Crippen LogP contribution in [0.15, 0.2) is 47.5 Å². The molecule has 2 aliphatic rings. The molecule has 4 N–H and O–H groups in total. The molecule has 10 heteroatoms. The molecule has 36 heavy (non-hydrogen) atoms. The number of aliphatic hydroxyl groups excluding tert-OH is 1. The molecule has 1 fully saturated rings. The lowest BCUT2D eigenvalue weighted by molar-refractivity contribution is -0.113. The number of methoxy groups -OCH3 is 1. The van der Waals surface area contributed by atoms with Gasteiger partial charge in [-0.05, 0) is 42.7 Å². The molecule has 1 aromatic carbocycles. The van der Waals surface area contributed by atoms with Gasteiger partial charge in [-0.15, -0.1) is 11.8 Å². The summed E-state index contributed by atoms with van der Waals surface area (Å²) in [6.07, 6.45) is 7.36. The summed E-state index contributed by atoms with van der Waals surface area (Å²) in [5, 5.41) is 24.1. The molecule has 2 aromatic heterocycles. The Morgan fingerprint density at radius 1 is 1.22 bits per heavy atom. The maximum Gasteiger partial charge on any atom is 0.409 e. The fourth-order valence-electron chi connectivity index (χ4n) is 4.56. The molecule has 1 atom stereocenters. The minimum atomic E-state index is -1.12. The number of nitrogens with zero attached hydrogens (tertiary/aromatic N) is 2. The van der Waals surface area contributed by atoms with E-state index in [9.17, 15) is 14.7 Å². The van der Waals surface area contributed by atoms with Crippen molar-refractivity contribution >= 4 is 46.2 Å². The quantitative estimate of drug-likeness (QED) is 0.355. The molecule has 5 rings (SSSR count). The fourth-order valence-corrected chi connectivity index (χ4v) is 5.35. The van der Waals surface area contributed by atoms with E-state index < -0.39 is 12.2 Å². The first-order chi connectivity index (χ1) is 17.4. The molecule has 1 aliphatic carbocycles. The highest BCUT2D eigenvalue weighted by atomic mass is 32.2. The third-order valence-electron chi connectivity index (χ3n) is 6.30. The van der Waals surface area contributed by atoms with E-state index in [-0.39, 0.29) is 5.91 Å². The van der Waals surface area contributed by atoms with Crippen LogP contribution < -0.4 is 15.4 Å². The van der Waals surface area contributed by atoms with Crippen molar-refractivity contribution < 1.29 is 24.5 Å². The summed E-state index contributed by atoms with van der Waals surface area (Å²) < 4.78 is 5.19. The van der Waals surface area contributed by atoms with Gasteiger partial charge in [0.15, 0.2) is 0 Å². The summed E-state index contributed by atoms with van der Waals surface area (Å²) >= 11 is 1.44. The standard InChI is InChI=1S/C17H22N2O2.C9H8N2O3S/c1-21-16-8-7-14-17(19-16)13(9-10-18-14)15(20)11-12-5-3-2-4-6-12;12-8-4-15-7-2-1-5(10-9(13)14)3-6(7)11-8/h7-10,12,15,20H,2-6,11H2,1H3;1-3,10H,4H2,(H,11,12)(H,13,14). The van der Waals surface area contributed by atoms with E-state index in [1.54, 1.807) is 37.6 Å². The van der Waals surface area contributed by atoms with Crippen molar-refractivity contribution in [1.29, 1.82) is 0 Å². The molecular formula is C26H30N4O5S. The SMILES string of the molecule is COc1ccc2nccc(C(O)CC3CCCCC3)c2n1.O=C(O)Nc1ccc2c(c1)NC(=O)CS2. The number of thioether (sulfide) groups is 1. The second-order valence-corrected chi connectivity index (χ2v) is 9.87. The van der Waals surface area contributed by atoms with E-state index in [1.807, 2.05) is 12.1 Å². The first-order valence-electron chi connectivity index (χ1n) is 12.0. The summed E-state index contributed by atoms with van der Waals surface area (Å²) in [4.78, 5) is 31.2. The Morgan fingerprint density at radius 3 is 2.78 bits per heavy atom. The number of benzene rings is 1. The number of pyridine rings is 2. The highest BCUT2D eigenvalue weighted by Crippen LogP contribution is 2.34. The van der Waals surface area contributed by atoms with Crippen LogP contribution in [0.2, 0.25) is 0 Å². The minimum Gasteiger partial charge on any atom is -0.481 e. The van der Waals surface area contributed by atoms with Crippen LogP contribution >= 0.6 is 11.8 Å². The van der Waals surface area contributed by atoms with E-state index >= 15 is 0 Å². The van der Waals surface area contributed by atoms with Crippen LogP contribution in [0.5, 0.6) is 5.88 Å². The first kappa shape index (κ1) is 25.7. The number of nitrogens with one attached hydrogen (secondary N) is 2. The molecule has 0 bridgehead atoms. The Bertz CT molecular complexity index is 1230. The van der Waals surface area contributed by atoms with Gasteiger partial charge >= 0.3 is 6.09 Å². The van der Waals surface area contributed by atoms with Crippen molar-refractivity contribution in [3.8, 4) is 5.88 Å². The average molecular weight is 511 g/mol. The number of rotatable bonds is 5. The van der Waals surface area contributed by atoms with Crippen LogP contribution in [0, 0.1) is 5.92 Å². The van der Waals surface area contributed by atoms with Crippen molar-refractivity contribution in [3.05, 3.63) is 48.2 Å². The van der Waals surface area contributed by atoms with Gasteiger partial charge in [0.2, 0.25) is 11.8 Å². The van der Waals surface area contributed by atoms with Crippen LogP contribution in [-0.2, 0) is 4.79 Å². The summed E-state index contributed by atoms with van der Waals surface area (Å²) in [6.45, 7) is 0. The van der Waals surface area contributed by atoms with E-state index in [0.717, 1.165) is 27.9 Å². The van der Waals surface area contributed by atoms with Crippen LogP contribution in [0.4, 0.5) is 16.2 Å². The third kappa shape index (κ3) is 6.64. The van der Waals surface area contributed by atoms with Gasteiger partial charge in [0.05, 0.1) is 35.7 Å². The number of ether oxygens (including phenoxy) is 1. The Labute approximate surface area is 213 Å². The molecule has 3 aromatic rings. The Balaban J connectivity index is 0.000000179. The predicted octanol–water partition coefficient (Wildman–Crippen LogP) is 5.46. The number of anilines is 2. The van der Waals surface area contributed by atoms with Gasteiger partial charge in [-0.2, -0.15) is 0 Å².